The maximum Gasteiger partial charge on any atom is 0.226 e. The van der Waals surface area contributed by atoms with Gasteiger partial charge in [-0.25, -0.2) is 0 Å². The Morgan fingerprint density at radius 2 is 2.04 bits per heavy atom. The minimum Gasteiger partial charge on any atom is -0.353 e. The van der Waals surface area contributed by atoms with E-state index in [2.05, 4.69) is 47.2 Å². The zero-order valence-electron chi connectivity index (χ0n) is 15.7. The molecule has 4 rings (SSSR count). The third-order valence-electron chi connectivity index (χ3n) is 5.26. The van der Waals surface area contributed by atoms with E-state index in [4.69, 9.17) is 0 Å². The first kappa shape index (κ1) is 16.9. The van der Waals surface area contributed by atoms with Gasteiger partial charge in [0.1, 0.15) is 5.69 Å². The summed E-state index contributed by atoms with van der Waals surface area (Å²) in [4.78, 5) is 17.6. The summed E-state index contributed by atoms with van der Waals surface area (Å²) in [5, 5.41) is 8.91. The number of aromatic nitrogens is 3. The van der Waals surface area contributed by atoms with Crippen LogP contribution in [0.15, 0.2) is 24.3 Å². The molecule has 2 N–H and O–H groups in total. The van der Waals surface area contributed by atoms with Gasteiger partial charge in [0.05, 0.1) is 5.69 Å². The second-order valence-electron chi connectivity index (χ2n) is 7.74. The van der Waals surface area contributed by atoms with Gasteiger partial charge in [-0.2, -0.15) is 5.10 Å². The quantitative estimate of drug-likeness (QED) is 0.730. The van der Waals surface area contributed by atoms with Gasteiger partial charge in [-0.1, -0.05) is 19.9 Å². The number of aryl methyl sites for hydroxylation is 1. The Morgan fingerprint density at radius 3 is 2.85 bits per heavy atom. The number of H-pyrrole nitrogens is 2. The number of rotatable bonds is 4. The molecule has 1 amide bonds. The average molecular weight is 350 g/mol. The van der Waals surface area contributed by atoms with Gasteiger partial charge in [-0.05, 0) is 49.8 Å². The number of nitrogens with one attached hydrogen (secondary N) is 2. The summed E-state index contributed by atoms with van der Waals surface area (Å²) in [5.74, 6) is 0.504. The third kappa shape index (κ3) is 3.02. The van der Waals surface area contributed by atoms with E-state index in [0.29, 0.717) is 12.3 Å². The molecule has 1 aliphatic rings. The lowest BCUT2D eigenvalue weighted by Gasteiger charge is -2.18. The van der Waals surface area contributed by atoms with Crippen LogP contribution in [0.25, 0.3) is 22.3 Å². The highest BCUT2D eigenvalue weighted by Crippen LogP contribution is 2.32. The van der Waals surface area contributed by atoms with Gasteiger partial charge in [0.2, 0.25) is 5.91 Å². The van der Waals surface area contributed by atoms with Crippen LogP contribution < -0.4 is 4.90 Å². The Bertz CT molecular complexity index is 950. The number of fused-ring (bicyclic) bond motifs is 2. The SMILES string of the molecule is CC(C)CC(=O)N(C)c1ccc2cc(-c3n[nH]c4c3CCCC4)[nH]c2c1. The van der Waals surface area contributed by atoms with E-state index in [9.17, 15) is 4.79 Å². The van der Waals surface area contributed by atoms with Crippen molar-refractivity contribution < 1.29 is 4.79 Å². The summed E-state index contributed by atoms with van der Waals surface area (Å²) in [6, 6.07) is 8.29. The van der Waals surface area contributed by atoms with Crippen molar-refractivity contribution >= 4 is 22.5 Å². The lowest BCUT2D eigenvalue weighted by Crippen LogP contribution is -2.27. The maximum atomic E-state index is 12.3. The summed E-state index contributed by atoms with van der Waals surface area (Å²) in [6.45, 7) is 4.13. The molecule has 5 heteroatoms. The summed E-state index contributed by atoms with van der Waals surface area (Å²) in [5.41, 5.74) is 6.68. The summed E-state index contributed by atoms with van der Waals surface area (Å²) < 4.78 is 0. The number of amides is 1. The Balaban J connectivity index is 1.66. The van der Waals surface area contributed by atoms with Gasteiger partial charge < -0.3 is 9.88 Å². The topological polar surface area (TPSA) is 64.8 Å². The first-order valence-electron chi connectivity index (χ1n) is 9.48. The van der Waals surface area contributed by atoms with Crippen molar-refractivity contribution in [3.63, 3.8) is 0 Å². The second-order valence-corrected chi connectivity index (χ2v) is 7.74. The van der Waals surface area contributed by atoms with Crippen molar-refractivity contribution in [2.45, 2.75) is 46.0 Å². The first-order chi connectivity index (χ1) is 12.5. The third-order valence-corrected chi connectivity index (χ3v) is 5.26. The highest BCUT2D eigenvalue weighted by atomic mass is 16.2. The van der Waals surface area contributed by atoms with Crippen LogP contribution in [0.5, 0.6) is 0 Å². The number of benzene rings is 1. The molecule has 136 valence electrons. The van der Waals surface area contributed by atoms with Crippen LogP contribution >= 0.6 is 0 Å². The number of carbonyl (C=O) groups excluding carboxylic acids is 1. The van der Waals surface area contributed by atoms with E-state index >= 15 is 0 Å². The van der Waals surface area contributed by atoms with Gasteiger partial charge in [0.15, 0.2) is 0 Å². The highest BCUT2D eigenvalue weighted by Gasteiger charge is 2.19. The fourth-order valence-corrected chi connectivity index (χ4v) is 3.79. The second kappa shape index (κ2) is 6.63. The Kier molecular flexibility index (Phi) is 4.31. The van der Waals surface area contributed by atoms with Crippen molar-refractivity contribution in [1.82, 2.24) is 15.2 Å². The lowest BCUT2D eigenvalue weighted by atomic mass is 9.95. The van der Waals surface area contributed by atoms with E-state index in [1.807, 2.05) is 13.1 Å². The first-order valence-corrected chi connectivity index (χ1v) is 9.48. The molecular weight excluding hydrogens is 324 g/mol. The van der Waals surface area contributed by atoms with Gasteiger partial charge in [0, 0.05) is 41.3 Å². The van der Waals surface area contributed by atoms with Gasteiger partial charge >= 0.3 is 0 Å². The van der Waals surface area contributed by atoms with Crippen molar-refractivity contribution in [3.8, 4) is 11.4 Å². The van der Waals surface area contributed by atoms with Crippen LogP contribution in [-0.2, 0) is 17.6 Å². The molecule has 1 aromatic carbocycles. The van der Waals surface area contributed by atoms with Crippen molar-refractivity contribution in [2.75, 3.05) is 11.9 Å². The minimum atomic E-state index is 0.146. The van der Waals surface area contributed by atoms with Crippen LogP contribution in [0.3, 0.4) is 0 Å². The number of aromatic amines is 2. The minimum absolute atomic E-state index is 0.146. The van der Waals surface area contributed by atoms with Crippen molar-refractivity contribution in [2.24, 2.45) is 5.92 Å². The zero-order chi connectivity index (χ0) is 18.3. The molecule has 0 fully saturated rings. The van der Waals surface area contributed by atoms with Crippen LogP contribution in [-0.4, -0.2) is 28.1 Å². The molecule has 0 unspecified atom stereocenters. The summed E-state index contributed by atoms with van der Waals surface area (Å²) in [6.07, 6.45) is 5.21. The number of hydrogen-bond acceptors (Lipinski definition) is 2. The summed E-state index contributed by atoms with van der Waals surface area (Å²) >= 11 is 0. The highest BCUT2D eigenvalue weighted by molar-refractivity contribution is 5.96. The van der Waals surface area contributed by atoms with Gasteiger partial charge in [0.25, 0.3) is 0 Å². The van der Waals surface area contributed by atoms with Crippen LogP contribution in [0.2, 0.25) is 0 Å². The predicted molar refractivity (Wildman–Crippen MR) is 105 cm³/mol. The Labute approximate surface area is 153 Å². The number of hydrogen-bond donors (Lipinski definition) is 2. The molecule has 5 nitrogen and oxygen atoms in total. The molecular formula is C21H26N4O. The molecule has 0 aliphatic heterocycles. The number of nitrogens with zero attached hydrogens (tertiary/aromatic N) is 2. The molecule has 1 aliphatic carbocycles. The molecule has 3 aromatic rings. The predicted octanol–water partition coefficient (Wildman–Crippen LogP) is 4.45. The molecule has 2 aromatic heterocycles. The molecule has 0 atom stereocenters. The molecule has 0 bridgehead atoms. The van der Waals surface area contributed by atoms with Crippen molar-refractivity contribution in [3.05, 3.63) is 35.5 Å². The average Bonchev–Trinajstić information content (AvgIpc) is 3.23. The molecule has 0 radical (unpaired) electrons. The lowest BCUT2D eigenvalue weighted by molar-refractivity contribution is -0.119. The standard InChI is InChI=1S/C21H26N4O/c1-13(2)10-20(26)25(3)15-9-8-14-11-19(22-18(14)12-15)21-16-6-4-5-7-17(16)23-24-21/h8-9,11-13,22H,4-7,10H2,1-3H3,(H,23,24). The van der Waals surface area contributed by atoms with E-state index < -0.39 is 0 Å². The molecule has 26 heavy (non-hydrogen) atoms. The van der Waals surface area contributed by atoms with Gasteiger partial charge in [-0.15, -0.1) is 0 Å². The fourth-order valence-electron chi connectivity index (χ4n) is 3.79. The smallest absolute Gasteiger partial charge is 0.226 e. The molecule has 0 saturated heterocycles. The molecule has 2 heterocycles. The largest absolute Gasteiger partial charge is 0.353 e. The van der Waals surface area contributed by atoms with Crippen LogP contribution in [0.4, 0.5) is 5.69 Å². The number of anilines is 1. The van der Waals surface area contributed by atoms with Gasteiger partial charge in [-0.3, -0.25) is 9.89 Å². The summed E-state index contributed by atoms with van der Waals surface area (Å²) in [7, 11) is 1.85. The fraction of sp³-hybridized carbons (Fsp3) is 0.429. The maximum absolute atomic E-state index is 12.3. The normalized spacial score (nSPS) is 14.0. The monoisotopic (exact) mass is 350 g/mol. The Morgan fingerprint density at radius 1 is 1.23 bits per heavy atom. The molecule has 0 spiro atoms. The Hall–Kier alpha value is -2.56. The zero-order valence-corrected chi connectivity index (χ0v) is 15.7. The van der Waals surface area contributed by atoms with E-state index in [1.165, 1.54) is 24.1 Å². The van der Waals surface area contributed by atoms with E-state index in [-0.39, 0.29) is 5.91 Å². The number of carbonyl (C=O) groups is 1. The molecule has 0 saturated carbocycles. The van der Waals surface area contributed by atoms with E-state index in [1.54, 1.807) is 4.90 Å². The van der Waals surface area contributed by atoms with E-state index in [0.717, 1.165) is 40.8 Å². The van der Waals surface area contributed by atoms with Crippen molar-refractivity contribution in [1.29, 1.82) is 0 Å². The van der Waals surface area contributed by atoms with Crippen LogP contribution in [0, 0.1) is 5.92 Å². The van der Waals surface area contributed by atoms with Crippen LogP contribution in [0.1, 0.15) is 44.4 Å².